The Balaban J connectivity index is 4.10. The standard InChI is InChI=1S/C46H91NO5/c1-6-10-13-16-20-27-34-43(35-28-21-17-14-11-7-2)51-44(49)36-29-22-18-25-32-39-47(41-42-48)40-33-26-19-23-30-37-45(50)52-46(5,9-4)38-31-24-15-12-8-3/h43,48H,6-42H2,1-5H3. The van der Waals surface area contributed by atoms with Crippen LogP contribution < -0.4 is 0 Å². The molecule has 310 valence electrons. The van der Waals surface area contributed by atoms with E-state index >= 15 is 0 Å². The highest BCUT2D eigenvalue weighted by Gasteiger charge is 2.26. The third-order valence-corrected chi connectivity index (χ3v) is 11.1. The SMILES string of the molecule is CCCCCCCCC(CCCCCCCC)OC(=O)CCCCCCCN(CCO)CCCCCCCC(=O)OC(C)(CC)CCCCCCC. The molecule has 0 aliphatic carbocycles. The molecule has 0 aromatic heterocycles. The summed E-state index contributed by atoms with van der Waals surface area (Å²) in [4.78, 5) is 27.6. The van der Waals surface area contributed by atoms with E-state index in [9.17, 15) is 14.7 Å². The zero-order valence-electron chi connectivity index (χ0n) is 35.8. The average Bonchev–Trinajstić information content (AvgIpc) is 3.13. The Morgan fingerprint density at radius 1 is 0.519 bits per heavy atom. The summed E-state index contributed by atoms with van der Waals surface area (Å²) in [7, 11) is 0. The van der Waals surface area contributed by atoms with E-state index in [1.807, 2.05) is 0 Å². The van der Waals surface area contributed by atoms with Crippen LogP contribution in [-0.4, -0.2) is 59.9 Å². The molecule has 0 heterocycles. The van der Waals surface area contributed by atoms with E-state index < -0.39 is 0 Å². The van der Waals surface area contributed by atoms with Crippen molar-refractivity contribution in [3.63, 3.8) is 0 Å². The first-order valence-electron chi connectivity index (χ1n) is 23.1. The van der Waals surface area contributed by atoms with Crippen molar-refractivity contribution in [3.05, 3.63) is 0 Å². The minimum absolute atomic E-state index is 0.0130. The van der Waals surface area contributed by atoms with Gasteiger partial charge in [0.15, 0.2) is 0 Å². The van der Waals surface area contributed by atoms with E-state index in [4.69, 9.17) is 9.47 Å². The van der Waals surface area contributed by atoms with Crippen LogP contribution in [0.4, 0.5) is 0 Å². The first kappa shape index (κ1) is 50.9. The molecule has 0 aliphatic heterocycles. The summed E-state index contributed by atoms with van der Waals surface area (Å²) in [6.07, 6.45) is 37.6. The summed E-state index contributed by atoms with van der Waals surface area (Å²) in [5.74, 6) is -0.0165. The molecule has 0 saturated heterocycles. The molecule has 0 saturated carbocycles. The number of aliphatic hydroxyl groups is 1. The summed E-state index contributed by atoms with van der Waals surface area (Å²) >= 11 is 0. The summed E-state index contributed by atoms with van der Waals surface area (Å²) in [5, 5.41) is 9.58. The van der Waals surface area contributed by atoms with Gasteiger partial charge in [0.2, 0.25) is 0 Å². The number of hydrogen-bond acceptors (Lipinski definition) is 6. The van der Waals surface area contributed by atoms with Gasteiger partial charge in [-0.3, -0.25) is 9.59 Å². The van der Waals surface area contributed by atoms with Crippen molar-refractivity contribution >= 4 is 11.9 Å². The zero-order valence-corrected chi connectivity index (χ0v) is 35.8. The molecular weight excluding hydrogens is 647 g/mol. The van der Waals surface area contributed by atoms with E-state index in [1.165, 1.54) is 109 Å². The lowest BCUT2D eigenvalue weighted by Crippen LogP contribution is -2.31. The fourth-order valence-corrected chi connectivity index (χ4v) is 7.29. The smallest absolute Gasteiger partial charge is 0.306 e. The van der Waals surface area contributed by atoms with Crippen LogP contribution in [0.3, 0.4) is 0 Å². The Labute approximate surface area is 324 Å². The minimum Gasteiger partial charge on any atom is -0.462 e. The van der Waals surface area contributed by atoms with Gasteiger partial charge in [-0.05, 0) is 90.6 Å². The maximum Gasteiger partial charge on any atom is 0.306 e. The molecule has 6 heteroatoms. The van der Waals surface area contributed by atoms with Crippen LogP contribution in [0.5, 0.6) is 0 Å². The van der Waals surface area contributed by atoms with Gasteiger partial charge in [-0.2, -0.15) is 0 Å². The number of carbonyl (C=O) groups excluding carboxylic acids is 2. The van der Waals surface area contributed by atoms with E-state index in [-0.39, 0.29) is 30.3 Å². The lowest BCUT2D eigenvalue weighted by atomic mass is 9.94. The number of rotatable bonds is 41. The Morgan fingerprint density at radius 2 is 0.923 bits per heavy atom. The van der Waals surface area contributed by atoms with E-state index in [2.05, 4.69) is 39.5 Å². The number of nitrogens with zero attached hydrogens (tertiary/aromatic N) is 1. The highest BCUT2D eigenvalue weighted by Crippen LogP contribution is 2.25. The largest absolute Gasteiger partial charge is 0.462 e. The average molecular weight is 738 g/mol. The Morgan fingerprint density at radius 3 is 1.38 bits per heavy atom. The summed E-state index contributed by atoms with van der Waals surface area (Å²) in [6.45, 7) is 14.0. The minimum atomic E-state index is -0.309. The maximum absolute atomic E-state index is 12.7. The quantitative estimate of drug-likeness (QED) is 0.0497. The lowest BCUT2D eigenvalue weighted by Gasteiger charge is -2.28. The molecule has 0 rings (SSSR count). The highest BCUT2D eigenvalue weighted by atomic mass is 16.6. The molecule has 0 aliphatic rings. The molecule has 6 nitrogen and oxygen atoms in total. The van der Waals surface area contributed by atoms with Crippen LogP contribution in [0.2, 0.25) is 0 Å². The van der Waals surface area contributed by atoms with Gasteiger partial charge in [0, 0.05) is 19.4 Å². The number of aliphatic hydroxyl groups excluding tert-OH is 1. The van der Waals surface area contributed by atoms with E-state index in [0.29, 0.717) is 12.8 Å². The van der Waals surface area contributed by atoms with Gasteiger partial charge in [-0.1, -0.05) is 156 Å². The van der Waals surface area contributed by atoms with Gasteiger partial charge in [-0.15, -0.1) is 0 Å². The third-order valence-electron chi connectivity index (χ3n) is 11.1. The van der Waals surface area contributed by atoms with Crippen molar-refractivity contribution in [2.24, 2.45) is 0 Å². The normalized spacial score (nSPS) is 12.8. The number of esters is 2. The summed E-state index contributed by atoms with van der Waals surface area (Å²) in [5.41, 5.74) is -0.309. The molecule has 52 heavy (non-hydrogen) atoms. The van der Waals surface area contributed by atoms with Crippen molar-refractivity contribution in [3.8, 4) is 0 Å². The fourth-order valence-electron chi connectivity index (χ4n) is 7.29. The van der Waals surface area contributed by atoms with Crippen LogP contribution in [-0.2, 0) is 19.1 Å². The monoisotopic (exact) mass is 738 g/mol. The van der Waals surface area contributed by atoms with Crippen LogP contribution in [0.1, 0.15) is 247 Å². The van der Waals surface area contributed by atoms with Crippen LogP contribution in [0.15, 0.2) is 0 Å². The highest BCUT2D eigenvalue weighted by molar-refractivity contribution is 5.70. The predicted octanol–water partition coefficient (Wildman–Crippen LogP) is 13.4. The maximum atomic E-state index is 12.7. The molecule has 0 aromatic carbocycles. The molecule has 0 spiro atoms. The molecule has 0 radical (unpaired) electrons. The zero-order chi connectivity index (χ0) is 38.4. The van der Waals surface area contributed by atoms with E-state index in [1.54, 1.807) is 0 Å². The molecule has 0 bridgehead atoms. The molecule has 1 N–H and O–H groups in total. The molecule has 1 unspecified atom stereocenters. The van der Waals surface area contributed by atoms with Crippen molar-refractivity contribution in [2.45, 2.75) is 258 Å². The second kappa shape index (κ2) is 38.1. The molecule has 0 fully saturated rings. The topological polar surface area (TPSA) is 76.1 Å². The second-order valence-electron chi connectivity index (χ2n) is 16.3. The lowest BCUT2D eigenvalue weighted by molar-refractivity contribution is -0.159. The van der Waals surface area contributed by atoms with Crippen molar-refractivity contribution in [1.29, 1.82) is 0 Å². The van der Waals surface area contributed by atoms with E-state index in [0.717, 1.165) is 110 Å². The van der Waals surface area contributed by atoms with Gasteiger partial charge in [0.25, 0.3) is 0 Å². The molecule has 0 aromatic rings. The Kier molecular flexibility index (Phi) is 37.3. The first-order chi connectivity index (χ1) is 25.3. The third kappa shape index (κ3) is 33.4. The number of carbonyl (C=O) groups is 2. The van der Waals surface area contributed by atoms with Gasteiger partial charge >= 0.3 is 11.9 Å². The summed E-state index contributed by atoms with van der Waals surface area (Å²) < 4.78 is 12.0. The van der Waals surface area contributed by atoms with Crippen molar-refractivity contribution < 1.29 is 24.2 Å². The number of ether oxygens (including phenoxy) is 2. The van der Waals surface area contributed by atoms with Crippen LogP contribution in [0.25, 0.3) is 0 Å². The van der Waals surface area contributed by atoms with Crippen LogP contribution in [0, 0.1) is 0 Å². The number of hydrogen-bond donors (Lipinski definition) is 1. The Hall–Kier alpha value is -1.14. The Bertz CT molecular complexity index is 760. The van der Waals surface area contributed by atoms with Gasteiger partial charge in [0.05, 0.1) is 6.61 Å². The summed E-state index contributed by atoms with van der Waals surface area (Å²) in [6, 6.07) is 0. The first-order valence-corrected chi connectivity index (χ1v) is 23.1. The van der Waals surface area contributed by atoms with Gasteiger partial charge in [0.1, 0.15) is 11.7 Å². The predicted molar refractivity (Wildman–Crippen MR) is 223 cm³/mol. The molecular formula is C46H91NO5. The number of unbranched alkanes of at least 4 members (excludes halogenated alkanes) is 22. The molecule has 1 atom stereocenters. The van der Waals surface area contributed by atoms with Gasteiger partial charge in [-0.25, -0.2) is 0 Å². The van der Waals surface area contributed by atoms with Crippen LogP contribution >= 0.6 is 0 Å². The molecule has 0 amide bonds. The van der Waals surface area contributed by atoms with Crippen molar-refractivity contribution in [2.75, 3.05) is 26.2 Å². The second-order valence-corrected chi connectivity index (χ2v) is 16.3. The van der Waals surface area contributed by atoms with Crippen molar-refractivity contribution in [1.82, 2.24) is 4.90 Å². The van der Waals surface area contributed by atoms with Gasteiger partial charge < -0.3 is 19.5 Å². The fraction of sp³-hybridized carbons (Fsp3) is 0.957.